The summed E-state index contributed by atoms with van der Waals surface area (Å²) in [5.74, 6) is -0.793. The van der Waals surface area contributed by atoms with Gasteiger partial charge in [0.25, 0.3) is 5.91 Å². The van der Waals surface area contributed by atoms with Gasteiger partial charge in [-0.1, -0.05) is 51.8 Å². The number of carbonyl (C=O) groups is 2. The van der Waals surface area contributed by atoms with Gasteiger partial charge >= 0.3 is 5.97 Å². The van der Waals surface area contributed by atoms with Crippen molar-refractivity contribution in [2.24, 2.45) is 0 Å². The molecule has 0 heterocycles. The molecule has 2 aromatic rings. The fourth-order valence-electron chi connectivity index (χ4n) is 2.08. The van der Waals surface area contributed by atoms with Gasteiger partial charge in [-0.15, -0.1) is 0 Å². The normalized spacial score (nSPS) is 11.6. The van der Waals surface area contributed by atoms with Crippen molar-refractivity contribution in [3.63, 3.8) is 0 Å². The molecule has 2 aromatic carbocycles. The van der Waals surface area contributed by atoms with Gasteiger partial charge in [0.05, 0.1) is 12.5 Å². The second-order valence-electron chi connectivity index (χ2n) is 5.30. The van der Waals surface area contributed by atoms with Gasteiger partial charge in [-0.2, -0.15) is 0 Å². The lowest BCUT2D eigenvalue weighted by Crippen LogP contribution is -2.31. The van der Waals surface area contributed by atoms with Crippen LogP contribution in [0.3, 0.4) is 0 Å². The first-order chi connectivity index (χ1) is 11.4. The van der Waals surface area contributed by atoms with Crippen molar-refractivity contribution in [1.29, 1.82) is 0 Å². The van der Waals surface area contributed by atoms with E-state index in [4.69, 9.17) is 16.3 Å². The number of rotatable bonds is 6. The zero-order valence-corrected chi connectivity index (χ0v) is 15.4. The van der Waals surface area contributed by atoms with Gasteiger partial charge in [0.1, 0.15) is 0 Å². The molecule has 0 bridgehead atoms. The van der Waals surface area contributed by atoms with E-state index in [1.165, 1.54) is 0 Å². The molecule has 24 heavy (non-hydrogen) atoms. The molecule has 4 nitrogen and oxygen atoms in total. The fourth-order valence-corrected chi connectivity index (χ4v) is 2.47. The molecule has 6 heteroatoms. The van der Waals surface area contributed by atoms with Crippen molar-refractivity contribution >= 4 is 39.4 Å². The van der Waals surface area contributed by atoms with Crippen molar-refractivity contribution < 1.29 is 14.3 Å². The quantitative estimate of drug-likeness (QED) is 0.731. The second kappa shape index (κ2) is 8.85. The Labute approximate surface area is 154 Å². The topological polar surface area (TPSA) is 55.4 Å². The Bertz CT molecular complexity index is 701. The molecular formula is C18H17BrClNO3. The zero-order chi connectivity index (χ0) is 17.5. The number of benzene rings is 2. The monoisotopic (exact) mass is 409 g/mol. The van der Waals surface area contributed by atoms with Crippen LogP contribution < -0.4 is 5.32 Å². The molecular weight excluding hydrogens is 394 g/mol. The summed E-state index contributed by atoms with van der Waals surface area (Å²) in [6, 6.07) is 14.4. The van der Waals surface area contributed by atoms with Crippen LogP contribution >= 0.6 is 27.5 Å². The molecule has 0 fully saturated rings. The minimum atomic E-state index is -0.455. The van der Waals surface area contributed by atoms with E-state index in [0.717, 1.165) is 15.6 Å². The van der Waals surface area contributed by atoms with Crippen LogP contribution in [0.4, 0.5) is 0 Å². The highest BCUT2D eigenvalue weighted by molar-refractivity contribution is 9.10. The van der Waals surface area contributed by atoms with Gasteiger partial charge in [0.15, 0.2) is 6.61 Å². The maximum Gasteiger partial charge on any atom is 0.310 e. The number of nitrogens with one attached hydrogen (secondary N) is 1. The van der Waals surface area contributed by atoms with E-state index in [2.05, 4.69) is 21.2 Å². The highest BCUT2D eigenvalue weighted by Crippen LogP contribution is 2.16. The Morgan fingerprint density at radius 1 is 1.12 bits per heavy atom. The average molecular weight is 411 g/mol. The SMILES string of the molecule is C[C@H](NC(=O)COC(=O)Cc1ccc(Cl)cc1)c1ccc(Br)cc1. The molecule has 1 N–H and O–H groups in total. The van der Waals surface area contributed by atoms with Crippen molar-refractivity contribution in [1.82, 2.24) is 5.32 Å². The van der Waals surface area contributed by atoms with E-state index < -0.39 is 5.97 Å². The molecule has 0 radical (unpaired) electrons. The summed E-state index contributed by atoms with van der Waals surface area (Å²) in [5, 5.41) is 3.40. The number of carbonyl (C=O) groups excluding carboxylic acids is 2. The molecule has 0 aliphatic rings. The largest absolute Gasteiger partial charge is 0.455 e. The molecule has 0 aromatic heterocycles. The third-order valence-electron chi connectivity index (χ3n) is 3.37. The first-order valence-corrected chi connectivity index (χ1v) is 8.56. The van der Waals surface area contributed by atoms with E-state index in [-0.39, 0.29) is 25.0 Å². The Balaban J connectivity index is 1.76. The van der Waals surface area contributed by atoms with Crippen LogP contribution in [0.2, 0.25) is 5.02 Å². The lowest BCUT2D eigenvalue weighted by Gasteiger charge is -2.14. The second-order valence-corrected chi connectivity index (χ2v) is 6.66. The number of hydrogen-bond acceptors (Lipinski definition) is 3. The van der Waals surface area contributed by atoms with Crippen LogP contribution in [-0.2, 0) is 20.7 Å². The van der Waals surface area contributed by atoms with Crippen LogP contribution in [0.5, 0.6) is 0 Å². The summed E-state index contributed by atoms with van der Waals surface area (Å²) in [7, 11) is 0. The summed E-state index contributed by atoms with van der Waals surface area (Å²) in [6.45, 7) is 1.57. The molecule has 1 atom stereocenters. The van der Waals surface area contributed by atoms with Crippen LogP contribution in [0.1, 0.15) is 24.1 Å². The van der Waals surface area contributed by atoms with E-state index in [9.17, 15) is 9.59 Å². The maximum atomic E-state index is 11.9. The summed E-state index contributed by atoms with van der Waals surface area (Å²) >= 11 is 9.15. The number of hydrogen-bond donors (Lipinski definition) is 1. The molecule has 0 spiro atoms. The van der Waals surface area contributed by atoms with Crippen molar-refractivity contribution in [2.75, 3.05) is 6.61 Å². The van der Waals surface area contributed by atoms with Crippen LogP contribution in [0.15, 0.2) is 53.0 Å². The van der Waals surface area contributed by atoms with Gasteiger partial charge in [-0.25, -0.2) is 0 Å². The molecule has 2 rings (SSSR count). The Morgan fingerprint density at radius 2 is 1.75 bits per heavy atom. The highest BCUT2D eigenvalue weighted by atomic mass is 79.9. The van der Waals surface area contributed by atoms with E-state index in [0.29, 0.717) is 5.02 Å². The summed E-state index contributed by atoms with van der Waals surface area (Å²) in [4.78, 5) is 23.6. The van der Waals surface area contributed by atoms with Crippen molar-refractivity contribution in [2.45, 2.75) is 19.4 Å². The maximum absolute atomic E-state index is 11.9. The predicted octanol–water partition coefficient (Wildman–Crippen LogP) is 4.07. The lowest BCUT2D eigenvalue weighted by molar-refractivity contribution is -0.148. The molecule has 126 valence electrons. The molecule has 0 aliphatic carbocycles. The lowest BCUT2D eigenvalue weighted by atomic mass is 10.1. The van der Waals surface area contributed by atoms with Gasteiger partial charge in [0, 0.05) is 9.50 Å². The smallest absolute Gasteiger partial charge is 0.310 e. The van der Waals surface area contributed by atoms with Gasteiger partial charge in [-0.05, 0) is 42.3 Å². The number of halogens is 2. The minimum absolute atomic E-state index is 0.104. The molecule has 0 aliphatic heterocycles. The van der Waals surface area contributed by atoms with Crippen molar-refractivity contribution in [3.05, 3.63) is 69.2 Å². The van der Waals surface area contributed by atoms with Crippen LogP contribution in [0, 0.1) is 0 Å². The average Bonchev–Trinajstić information content (AvgIpc) is 2.55. The fraction of sp³-hybridized carbons (Fsp3) is 0.222. The summed E-state index contributed by atoms with van der Waals surface area (Å²) in [5.41, 5.74) is 1.76. The third kappa shape index (κ3) is 5.98. The Morgan fingerprint density at radius 3 is 2.38 bits per heavy atom. The minimum Gasteiger partial charge on any atom is -0.455 e. The first-order valence-electron chi connectivity index (χ1n) is 7.39. The summed E-state index contributed by atoms with van der Waals surface area (Å²) in [6.07, 6.45) is 0.104. The standard InChI is InChI=1S/C18H17BrClNO3/c1-12(14-4-6-15(19)7-5-14)21-17(22)11-24-18(23)10-13-2-8-16(20)9-3-13/h2-9,12H,10-11H2,1H3,(H,21,22)/t12-/m0/s1. The van der Waals surface area contributed by atoms with Crippen molar-refractivity contribution in [3.8, 4) is 0 Å². The van der Waals surface area contributed by atoms with E-state index in [1.54, 1.807) is 24.3 Å². The predicted molar refractivity (Wildman–Crippen MR) is 96.8 cm³/mol. The van der Waals surface area contributed by atoms with Gasteiger partial charge in [0.2, 0.25) is 0 Å². The first kappa shape index (κ1) is 18.5. The Hall–Kier alpha value is -1.85. The summed E-state index contributed by atoms with van der Waals surface area (Å²) < 4.78 is 5.98. The number of esters is 1. The zero-order valence-electron chi connectivity index (χ0n) is 13.1. The van der Waals surface area contributed by atoms with Crippen LogP contribution in [0.25, 0.3) is 0 Å². The number of amides is 1. The van der Waals surface area contributed by atoms with Gasteiger partial charge < -0.3 is 10.1 Å². The molecule has 0 saturated heterocycles. The van der Waals surface area contributed by atoms with Gasteiger partial charge in [-0.3, -0.25) is 9.59 Å². The molecule has 0 saturated carbocycles. The molecule has 1 amide bonds. The third-order valence-corrected chi connectivity index (χ3v) is 4.15. The highest BCUT2D eigenvalue weighted by Gasteiger charge is 2.12. The number of ether oxygens (including phenoxy) is 1. The van der Waals surface area contributed by atoms with E-state index in [1.807, 2.05) is 31.2 Å². The Kier molecular flexibility index (Phi) is 6.82. The van der Waals surface area contributed by atoms with Crippen LogP contribution in [-0.4, -0.2) is 18.5 Å². The molecule has 0 unspecified atom stereocenters. The van der Waals surface area contributed by atoms with E-state index >= 15 is 0 Å².